The smallest absolute Gasteiger partial charge is 0.223 e. The molecule has 0 aromatic carbocycles. The molecule has 1 fully saturated rings. The molecule has 2 aliphatic heterocycles. The number of anilines is 1. The molecular weight excluding hydrogens is 358 g/mol. The predicted molar refractivity (Wildman–Crippen MR) is 95.9 cm³/mol. The van der Waals surface area contributed by atoms with Gasteiger partial charge in [0.2, 0.25) is 5.95 Å². The summed E-state index contributed by atoms with van der Waals surface area (Å²) in [4.78, 5) is 8.78. The molecule has 0 amide bonds. The van der Waals surface area contributed by atoms with Gasteiger partial charge < -0.3 is 20.3 Å². The molecule has 0 unspecified atom stereocenters. The quantitative estimate of drug-likeness (QED) is 0.746. The zero-order chi connectivity index (χ0) is 18.1. The molecule has 4 rings (SSSR count). The lowest BCUT2D eigenvalue weighted by molar-refractivity contribution is -0.0136. The van der Waals surface area contributed by atoms with E-state index in [1.54, 1.807) is 6.20 Å². The van der Waals surface area contributed by atoms with Gasteiger partial charge in [-0.05, 0) is 25.7 Å². The number of ether oxygens (including phenoxy) is 1. The van der Waals surface area contributed by atoms with Gasteiger partial charge in [-0.3, -0.25) is 4.68 Å². The lowest BCUT2D eigenvalue weighted by Gasteiger charge is -2.28. The third kappa shape index (κ3) is 3.42. The van der Waals surface area contributed by atoms with E-state index in [0.717, 1.165) is 30.6 Å². The summed E-state index contributed by atoms with van der Waals surface area (Å²) in [5.41, 5.74) is 2.01. The van der Waals surface area contributed by atoms with Crippen molar-refractivity contribution in [1.29, 1.82) is 0 Å². The highest BCUT2D eigenvalue weighted by molar-refractivity contribution is 6.32. The Bertz CT molecular complexity index is 784. The topological polar surface area (TPSA) is 105 Å². The van der Waals surface area contributed by atoms with Crippen LogP contribution in [0.5, 0.6) is 0 Å². The first-order valence-electron chi connectivity index (χ1n) is 8.92. The van der Waals surface area contributed by atoms with Crippen molar-refractivity contribution in [3.63, 3.8) is 0 Å². The molecule has 4 heterocycles. The largest absolute Gasteiger partial charge is 0.389 e. The van der Waals surface area contributed by atoms with Crippen molar-refractivity contribution in [2.45, 2.75) is 50.5 Å². The summed E-state index contributed by atoms with van der Waals surface area (Å²) in [5, 5.41) is 28.5. The molecule has 0 radical (unpaired) electrons. The van der Waals surface area contributed by atoms with E-state index in [0.29, 0.717) is 42.7 Å². The van der Waals surface area contributed by atoms with Crippen LogP contribution in [0.1, 0.15) is 37.5 Å². The molecule has 0 bridgehead atoms. The number of hydrogen-bond donors (Lipinski definition) is 3. The van der Waals surface area contributed by atoms with Crippen LogP contribution in [0.25, 0.3) is 11.3 Å². The maximum Gasteiger partial charge on any atom is 0.223 e. The Morgan fingerprint density at radius 1 is 1.23 bits per heavy atom. The fourth-order valence-corrected chi connectivity index (χ4v) is 3.72. The minimum Gasteiger partial charge on any atom is -0.389 e. The van der Waals surface area contributed by atoms with E-state index >= 15 is 0 Å². The number of halogens is 1. The molecule has 8 nitrogen and oxygen atoms in total. The predicted octanol–water partition coefficient (Wildman–Crippen LogP) is 1.77. The van der Waals surface area contributed by atoms with Gasteiger partial charge in [0.05, 0.1) is 53.7 Å². The molecule has 1 saturated heterocycles. The molecule has 26 heavy (non-hydrogen) atoms. The third-order valence-electron chi connectivity index (χ3n) is 4.93. The van der Waals surface area contributed by atoms with Crippen LogP contribution in [0.4, 0.5) is 5.95 Å². The fraction of sp³-hybridized carbons (Fsp3) is 0.588. The van der Waals surface area contributed by atoms with Gasteiger partial charge >= 0.3 is 0 Å². The van der Waals surface area contributed by atoms with Crippen LogP contribution in [-0.2, 0) is 11.3 Å². The van der Waals surface area contributed by atoms with E-state index < -0.39 is 12.2 Å². The van der Waals surface area contributed by atoms with Crippen molar-refractivity contribution in [2.24, 2.45) is 0 Å². The van der Waals surface area contributed by atoms with Crippen LogP contribution in [-0.4, -0.2) is 55.3 Å². The molecule has 2 aliphatic rings. The Kier molecular flexibility index (Phi) is 5.08. The number of aliphatic hydroxyl groups is 2. The minimum atomic E-state index is -0.610. The van der Waals surface area contributed by atoms with E-state index in [1.165, 1.54) is 6.20 Å². The number of aliphatic hydroxyl groups excluding tert-OH is 2. The standard InChI is InChI=1S/C17H22ClN5O3/c18-11-8-19-17(21-12-4-6-26-9-14(12)25)22-15(11)10-7-20-23-5-2-1-3-13(24)16(10)23/h7-8,12-14,24-25H,1-6,9H2,(H,19,21,22)/t12-,13+,14-/m1/s1. The Morgan fingerprint density at radius 2 is 2.12 bits per heavy atom. The maximum atomic E-state index is 10.5. The van der Waals surface area contributed by atoms with Crippen LogP contribution >= 0.6 is 11.6 Å². The van der Waals surface area contributed by atoms with Crippen molar-refractivity contribution in [3.8, 4) is 11.3 Å². The summed E-state index contributed by atoms with van der Waals surface area (Å²) in [7, 11) is 0. The van der Waals surface area contributed by atoms with Gasteiger partial charge in [0.1, 0.15) is 0 Å². The molecule has 3 N–H and O–H groups in total. The second-order valence-corrected chi connectivity index (χ2v) is 7.16. The molecule has 0 spiro atoms. The summed E-state index contributed by atoms with van der Waals surface area (Å²) in [5.74, 6) is 0.387. The zero-order valence-electron chi connectivity index (χ0n) is 14.3. The number of rotatable bonds is 3. The molecular formula is C17H22ClN5O3. The van der Waals surface area contributed by atoms with Gasteiger partial charge in [0.25, 0.3) is 0 Å². The van der Waals surface area contributed by atoms with Gasteiger partial charge in [-0.25, -0.2) is 9.97 Å². The highest BCUT2D eigenvalue weighted by atomic mass is 35.5. The van der Waals surface area contributed by atoms with E-state index in [4.69, 9.17) is 16.3 Å². The normalized spacial score (nSPS) is 26.2. The number of aryl methyl sites for hydroxylation is 1. The molecule has 2 aromatic heterocycles. The van der Waals surface area contributed by atoms with Gasteiger partial charge in [0, 0.05) is 18.7 Å². The lowest BCUT2D eigenvalue weighted by atomic mass is 10.1. The van der Waals surface area contributed by atoms with E-state index in [9.17, 15) is 10.2 Å². The van der Waals surface area contributed by atoms with E-state index in [2.05, 4.69) is 20.4 Å². The second-order valence-electron chi connectivity index (χ2n) is 6.75. The van der Waals surface area contributed by atoms with Crippen molar-refractivity contribution >= 4 is 17.5 Å². The number of hydrogen-bond acceptors (Lipinski definition) is 7. The van der Waals surface area contributed by atoms with Crippen molar-refractivity contribution in [2.75, 3.05) is 18.5 Å². The maximum absolute atomic E-state index is 10.5. The summed E-state index contributed by atoms with van der Waals surface area (Å²) >= 11 is 6.35. The number of nitrogens with zero attached hydrogens (tertiary/aromatic N) is 4. The molecule has 9 heteroatoms. The lowest BCUT2D eigenvalue weighted by Crippen LogP contribution is -2.42. The summed E-state index contributed by atoms with van der Waals surface area (Å²) in [6.07, 6.45) is 5.34. The van der Waals surface area contributed by atoms with Crippen LogP contribution in [0, 0.1) is 0 Å². The molecule has 0 saturated carbocycles. The first kappa shape index (κ1) is 17.7. The molecule has 140 valence electrons. The average molecular weight is 380 g/mol. The van der Waals surface area contributed by atoms with E-state index in [-0.39, 0.29) is 6.04 Å². The average Bonchev–Trinajstić information content (AvgIpc) is 2.97. The van der Waals surface area contributed by atoms with Crippen molar-refractivity contribution in [1.82, 2.24) is 19.7 Å². The Balaban J connectivity index is 1.66. The number of nitrogens with one attached hydrogen (secondary N) is 1. The SMILES string of the molecule is O[C@@H]1COCC[C@H]1Nc1ncc(Cl)c(-c2cnn3c2[C@@H](O)CCCC3)n1. The van der Waals surface area contributed by atoms with Crippen molar-refractivity contribution in [3.05, 3.63) is 23.1 Å². The summed E-state index contributed by atoms with van der Waals surface area (Å²) in [6, 6.07) is -0.173. The minimum absolute atomic E-state index is 0.173. The van der Waals surface area contributed by atoms with Gasteiger partial charge in [-0.2, -0.15) is 5.10 Å². The van der Waals surface area contributed by atoms with Crippen LogP contribution in [0.3, 0.4) is 0 Å². The zero-order valence-corrected chi connectivity index (χ0v) is 15.1. The van der Waals surface area contributed by atoms with Gasteiger partial charge in [-0.15, -0.1) is 0 Å². The summed E-state index contributed by atoms with van der Waals surface area (Å²) < 4.78 is 7.08. The van der Waals surface area contributed by atoms with Crippen LogP contribution in [0.15, 0.2) is 12.4 Å². The highest BCUT2D eigenvalue weighted by Crippen LogP contribution is 2.35. The molecule has 2 aromatic rings. The molecule has 3 atom stereocenters. The summed E-state index contributed by atoms with van der Waals surface area (Å²) in [6.45, 7) is 1.65. The third-order valence-corrected chi connectivity index (χ3v) is 5.21. The number of fused-ring (bicyclic) bond motifs is 1. The van der Waals surface area contributed by atoms with Crippen LogP contribution in [0.2, 0.25) is 5.02 Å². The Morgan fingerprint density at radius 3 is 2.96 bits per heavy atom. The van der Waals surface area contributed by atoms with Gasteiger partial charge in [0.15, 0.2) is 0 Å². The van der Waals surface area contributed by atoms with Crippen molar-refractivity contribution < 1.29 is 14.9 Å². The monoisotopic (exact) mass is 379 g/mol. The Labute approximate surface area is 156 Å². The first-order chi connectivity index (χ1) is 12.6. The van der Waals surface area contributed by atoms with Crippen LogP contribution < -0.4 is 5.32 Å². The highest BCUT2D eigenvalue weighted by Gasteiger charge is 2.27. The second kappa shape index (κ2) is 7.48. The number of aromatic nitrogens is 4. The first-order valence-corrected chi connectivity index (χ1v) is 9.30. The molecule has 0 aliphatic carbocycles. The van der Waals surface area contributed by atoms with E-state index in [1.807, 2.05) is 4.68 Å². The fourth-order valence-electron chi connectivity index (χ4n) is 3.53. The Hall–Kier alpha value is -1.74. The van der Waals surface area contributed by atoms with Gasteiger partial charge in [-0.1, -0.05) is 11.6 Å².